The van der Waals surface area contributed by atoms with E-state index in [-0.39, 0.29) is 39.5 Å². The monoisotopic (exact) mass is 453 g/mol. The van der Waals surface area contributed by atoms with E-state index in [2.05, 4.69) is 5.32 Å². The molecule has 0 saturated carbocycles. The number of carbonyl (C=O) groups excluding carboxylic acids is 3. The van der Waals surface area contributed by atoms with E-state index in [9.17, 15) is 24.6 Å². The number of anilines is 1. The second-order valence-electron chi connectivity index (χ2n) is 8.02. The number of halogens is 1. The topological polar surface area (TPSA) is 113 Å². The molecule has 1 unspecified atom stereocenters. The van der Waals surface area contributed by atoms with Gasteiger partial charge in [-0.3, -0.25) is 14.4 Å². The molecule has 2 aromatic carbocycles. The first-order chi connectivity index (χ1) is 15.0. The zero-order chi connectivity index (χ0) is 23.5. The summed E-state index contributed by atoms with van der Waals surface area (Å²) in [6.07, 6.45) is 1.18. The average Bonchev–Trinajstić information content (AvgIpc) is 3.01. The van der Waals surface area contributed by atoms with Crippen LogP contribution in [0.5, 0.6) is 17.2 Å². The smallest absolute Gasteiger partial charge is 0.194 e. The normalized spacial score (nSPS) is 20.8. The molecule has 4 rings (SSSR count). The van der Waals surface area contributed by atoms with Crippen molar-refractivity contribution in [2.75, 3.05) is 5.32 Å². The van der Waals surface area contributed by atoms with Crippen molar-refractivity contribution in [3.8, 4) is 17.2 Å². The lowest BCUT2D eigenvalue weighted by Gasteiger charge is -2.29. The van der Waals surface area contributed by atoms with E-state index in [1.807, 2.05) is 0 Å². The molecule has 2 aromatic rings. The largest absolute Gasteiger partial charge is 0.507 e. The molecule has 0 amide bonds. The number of fused-ring (bicyclic) bond motifs is 3. The van der Waals surface area contributed by atoms with Crippen LogP contribution in [0, 0.1) is 6.92 Å². The molecule has 2 aliphatic rings. The molecule has 3 N–H and O–H groups in total. The second-order valence-corrected chi connectivity index (χ2v) is 8.45. The molecule has 0 spiro atoms. The molecule has 0 radical (unpaired) electrons. The number of ketones is 3. The number of allylic oxidation sites excluding steroid dienone is 4. The Morgan fingerprint density at radius 2 is 1.72 bits per heavy atom. The minimum atomic E-state index is -1.55. The summed E-state index contributed by atoms with van der Waals surface area (Å²) in [6.45, 7) is 5.80. The molecule has 1 aliphatic carbocycles. The Balaban J connectivity index is 1.91. The molecule has 164 valence electrons. The predicted octanol–water partition coefficient (Wildman–Crippen LogP) is 4.33. The summed E-state index contributed by atoms with van der Waals surface area (Å²) >= 11 is 5.91. The predicted molar refractivity (Wildman–Crippen MR) is 118 cm³/mol. The second kappa shape index (κ2) is 7.24. The van der Waals surface area contributed by atoms with E-state index >= 15 is 0 Å². The van der Waals surface area contributed by atoms with Crippen molar-refractivity contribution in [1.82, 2.24) is 0 Å². The van der Waals surface area contributed by atoms with Gasteiger partial charge in [-0.25, -0.2) is 0 Å². The van der Waals surface area contributed by atoms with Crippen LogP contribution >= 0.6 is 11.6 Å². The van der Waals surface area contributed by atoms with Gasteiger partial charge in [0.05, 0.1) is 11.1 Å². The van der Waals surface area contributed by atoms with Gasteiger partial charge in [0, 0.05) is 28.0 Å². The van der Waals surface area contributed by atoms with Crippen molar-refractivity contribution in [3.05, 3.63) is 69.1 Å². The molecular weight excluding hydrogens is 434 g/mol. The number of hydrogen-bond donors (Lipinski definition) is 3. The number of nitrogens with one attached hydrogen (secondary N) is 1. The highest BCUT2D eigenvalue weighted by Crippen LogP contribution is 2.57. The van der Waals surface area contributed by atoms with Gasteiger partial charge >= 0.3 is 0 Å². The summed E-state index contributed by atoms with van der Waals surface area (Å²) in [6, 6.07) is 6.75. The highest BCUT2D eigenvalue weighted by molar-refractivity contribution is 6.32. The van der Waals surface area contributed by atoms with Crippen LogP contribution in [0.4, 0.5) is 5.69 Å². The molecule has 7 nitrogen and oxygen atoms in total. The molecule has 0 saturated heterocycles. The van der Waals surface area contributed by atoms with E-state index < -0.39 is 28.5 Å². The number of carbonyl (C=O) groups is 3. The lowest BCUT2D eigenvalue weighted by molar-refractivity contribution is -0.123. The van der Waals surface area contributed by atoms with Crippen LogP contribution in [0.25, 0.3) is 0 Å². The van der Waals surface area contributed by atoms with Gasteiger partial charge in [-0.1, -0.05) is 11.6 Å². The minimum Gasteiger partial charge on any atom is -0.507 e. The lowest BCUT2D eigenvalue weighted by Crippen LogP contribution is -2.40. The van der Waals surface area contributed by atoms with Gasteiger partial charge in [-0.05, 0) is 52.0 Å². The Labute approximate surface area is 189 Å². The maximum absolute atomic E-state index is 13.7. The van der Waals surface area contributed by atoms with E-state index in [0.29, 0.717) is 16.4 Å². The van der Waals surface area contributed by atoms with Gasteiger partial charge in [0.25, 0.3) is 0 Å². The number of benzene rings is 2. The summed E-state index contributed by atoms with van der Waals surface area (Å²) in [5.74, 6) is -2.57. The standard InChI is InChI=1S/C24H20ClNO6/c1-10-20(29)18(12(3)27)22-19(21(10)30)24(4)16(32-22)9-15(28)17(23(24)31)11(2)26-14-7-5-13(25)6-8-14/h5-9,26,29-30H,1-4H3/b17-11+. The van der Waals surface area contributed by atoms with Crippen LogP contribution in [0.2, 0.25) is 5.02 Å². The highest BCUT2D eigenvalue weighted by atomic mass is 35.5. The van der Waals surface area contributed by atoms with E-state index in [1.165, 1.54) is 26.8 Å². The van der Waals surface area contributed by atoms with Crippen LogP contribution < -0.4 is 10.1 Å². The van der Waals surface area contributed by atoms with Gasteiger partial charge in [-0.2, -0.15) is 0 Å². The summed E-state index contributed by atoms with van der Waals surface area (Å²) < 4.78 is 5.74. The Hall–Kier alpha value is -3.58. The number of hydrogen-bond acceptors (Lipinski definition) is 7. The van der Waals surface area contributed by atoms with Crippen molar-refractivity contribution in [2.45, 2.75) is 33.1 Å². The van der Waals surface area contributed by atoms with Crippen molar-refractivity contribution < 1.29 is 29.3 Å². The third kappa shape index (κ3) is 2.92. The Morgan fingerprint density at radius 1 is 1.09 bits per heavy atom. The molecule has 0 fully saturated rings. The Kier molecular flexibility index (Phi) is 4.90. The molecule has 1 heterocycles. The molecule has 8 heteroatoms. The van der Waals surface area contributed by atoms with Crippen molar-refractivity contribution in [3.63, 3.8) is 0 Å². The van der Waals surface area contributed by atoms with Gasteiger partial charge in [0.1, 0.15) is 34.0 Å². The highest BCUT2D eigenvalue weighted by Gasteiger charge is 2.56. The molecule has 0 bridgehead atoms. The van der Waals surface area contributed by atoms with Gasteiger partial charge in [0.15, 0.2) is 17.3 Å². The van der Waals surface area contributed by atoms with E-state index in [0.717, 1.165) is 0 Å². The van der Waals surface area contributed by atoms with Crippen molar-refractivity contribution in [1.29, 1.82) is 0 Å². The maximum atomic E-state index is 13.7. The minimum absolute atomic E-state index is 0.00616. The van der Waals surface area contributed by atoms with E-state index in [1.54, 1.807) is 31.2 Å². The third-order valence-electron chi connectivity index (χ3n) is 5.94. The van der Waals surface area contributed by atoms with Gasteiger partial charge in [0.2, 0.25) is 0 Å². The molecule has 1 aliphatic heterocycles. The fourth-order valence-electron chi connectivity index (χ4n) is 4.17. The number of ether oxygens (including phenoxy) is 1. The molecule has 0 aromatic heterocycles. The van der Waals surface area contributed by atoms with Crippen LogP contribution in [0.3, 0.4) is 0 Å². The van der Waals surface area contributed by atoms with E-state index in [4.69, 9.17) is 16.3 Å². The summed E-state index contributed by atoms with van der Waals surface area (Å²) in [7, 11) is 0. The van der Waals surface area contributed by atoms with Crippen LogP contribution in [-0.4, -0.2) is 27.6 Å². The quantitative estimate of drug-likeness (QED) is 0.360. The summed E-state index contributed by atoms with van der Waals surface area (Å²) in [5.41, 5.74) is -0.746. The van der Waals surface area contributed by atoms with Crippen molar-refractivity contribution in [2.24, 2.45) is 0 Å². The Morgan fingerprint density at radius 3 is 2.31 bits per heavy atom. The number of aromatic hydroxyl groups is 2. The van der Waals surface area contributed by atoms with Gasteiger partial charge < -0.3 is 20.3 Å². The van der Waals surface area contributed by atoms with Crippen LogP contribution in [0.15, 0.2) is 47.4 Å². The first-order valence-corrected chi connectivity index (χ1v) is 10.2. The fourth-order valence-corrected chi connectivity index (χ4v) is 4.30. The zero-order valence-corrected chi connectivity index (χ0v) is 18.5. The van der Waals surface area contributed by atoms with Crippen molar-refractivity contribution >= 4 is 34.6 Å². The number of rotatable bonds is 3. The van der Waals surface area contributed by atoms with Crippen LogP contribution in [0.1, 0.15) is 42.3 Å². The third-order valence-corrected chi connectivity index (χ3v) is 6.19. The fraction of sp³-hybridized carbons (Fsp3) is 0.208. The summed E-state index contributed by atoms with van der Waals surface area (Å²) in [4.78, 5) is 38.8. The first-order valence-electron chi connectivity index (χ1n) is 9.81. The molecule has 1 atom stereocenters. The summed E-state index contributed by atoms with van der Waals surface area (Å²) in [5, 5.41) is 24.8. The lowest BCUT2D eigenvalue weighted by atomic mass is 9.70. The zero-order valence-electron chi connectivity index (χ0n) is 17.8. The first kappa shape index (κ1) is 21.6. The number of phenolic OH excluding ortho intramolecular Hbond substituents is 2. The van der Waals surface area contributed by atoms with Crippen LogP contribution in [-0.2, 0) is 15.0 Å². The SMILES string of the molecule is CC(=O)c1c(O)c(C)c(O)c2c1OC1=CC(=O)/C(=C(/C)Nc3ccc(Cl)cc3)C(=O)C12C. The number of Topliss-reactive ketones (excluding diaryl/α,β-unsaturated/α-hetero) is 2. The molecule has 32 heavy (non-hydrogen) atoms. The number of phenols is 2. The maximum Gasteiger partial charge on any atom is 0.194 e. The molecular formula is C24H20ClNO6. The Bertz CT molecular complexity index is 1290. The average molecular weight is 454 g/mol. The van der Waals surface area contributed by atoms with Gasteiger partial charge in [-0.15, -0.1) is 0 Å².